The highest BCUT2D eigenvalue weighted by Gasteiger charge is 2.50. The van der Waals surface area contributed by atoms with E-state index in [1.807, 2.05) is 0 Å². The molecule has 6 unspecified atom stereocenters. The Labute approximate surface area is 209 Å². The molecule has 192 valence electrons. The molecule has 0 bridgehead atoms. The summed E-state index contributed by atoms with van der Waals surface area (Å²) in [4.78, 5) is 0. The van der Waals surface area contributed by atoms with Crippen molar-refractivity contribution in [3.63, 3.8) is 0 Å². The summed E-state index contributed by atoms with van der Waals surface area (Å²) in [6.07, 6.45) is 23.4. The van der Waals surface area contributed by atoms with Crippen LogP contribution in [0.1, 0.15) is 146 Å². The Morgan fingerprint density at radius 3 is 2.21 bits per heavy atom. The van der Waals surface area contributed by atoms with Gasteiger partial charge in [-0.3, -0.25) is 0 Å². The molecule has 0 spiro atoms. The van der Waals surface area contributed by atoms with Gasteiger partial charge in [0, 0.05) is 0 Å². The fraction of sp³-hybridized carbons (Fsp3) is 0.879. The molecule has 0 aliphatic heterocycles. The highest BCUT2D eigenvalue weighted by atomic mass is 14.5. The second-order valence-corrected chi connectivity index (χ2v) is 13.7. The van der Waals surface area contributed by atoms with Gasteiger partial charge in [0.15, 0.2) is 0 Å². The lowest BCUT2D eigenvalue weighted by molar-refractivity contribution is 0.0920. The molecule has 0 aromatic carbocycles. The highest BCUT2D eigenvalue weighted by Crippen LogP contribution is 2.60. The standard InChI is InChI=1S/C29H50.C4H10/c1-21-11-8-13-24(23(21)3)15-16-25-14-10-20-29(7)26(17-18-27(25)29)22(2)12-9-19-28(4,5)6;1-3-4-2/h15-16,21-23,26-27H,8-14,17-20H2,1-7H3;3-4H2,1-2H3/b24-15-,25-16+;. The lowest BCUT2D eigenvalue weighted by Gasteiger charge is -2.44. The van der Waals surface area contributed by atoms with E-state index in [4.69, 9.17) is 0 Å². The zero-order valence-corrected chi connectivity index (χ0v) is 24.2. The molecule has 3 saturated carbocycles. The van der Waals surface area contributed by atoms with E-state index in [1.165, 1.54) is 83.5 Å². The van der Waals surface area contributed by atoms with Crippen molar-refractivity contribution in [3.05, 3.63) is 23.3 Å². The average molecular weight is 457 g/mol. The Hall–Kier alpha value is -0.520. The minimum atomic E-state index is 0.490. The van der Waals surface area contributed by atoms with E-state index in [0.29, 0.717) is 10.8 Å². The monoisotopic (exact) mass is 456 g/mol. The molecule has 0 N–H and O–H groups in total. The SMILES string of the molecule is CC1CCC/C(=C/C=C2\CCCC3(C)C2CCC3C(C)CCCC(C)(C)C)C1C.CCCC. The van der Waals surface area contributed by atoms with Gasteiger partial charge in [0.05, 0.1) is 0 Å². The van der Waals surface area contributed by atoms with Crippen molar-refractivity contribution in [2.24, 2.45) is 40.4 Å². The first-order valence-electron chi connectivity index (χ1n) is 14.9. The number of rotatable bonds is 6. The molecule has 0 amide bonds. The summed E-state index contributed by atoms with van der Waals surface area (Å²) in [5.74, 6) is 4.35. The summed E-state index contributed by atoms with van der Waals surface area (Å²) in [6, 6.07) is 0. The third-order valence-electron chi connectivity index (χ3n) is 9.89. The number of hydrogen-bond donors (Lipinski definition) is 0. The van der Waals surface area contributed by atoms with Gasteiger partial charge in [0.25, 0.3) is 0 Å². The van der Waals surface area contributed by atoms with Crippen LogP contribution in [0.25, 0.3) is 0 Å². The zero-order chi connectivity index (χ0) is 24.6. The van der Waals surface area contributed by atoms with Crippen LogP contribution in [-0.2, 0) is 0 Å². The molecule has 33 heavy (non-hydrogen) atoms. The molecule has 0 aromatic heterocycles. The Kier molecular flexibility index (Phi) is 11.3. The Morgan fingerprint density at radius 1 is 0.939 bits per heavy atom. The zero-order valence-electron chi connectivity index (χ0n) is 24.2. The number of hydrogen-bond acceptors (Lipinski definition) is 0. The molecule has 0 nitrogen and oxygen atoms in total. The molecule has 3 fully saturated rings. The summed E-state index contributed by atoms with van der Waals surface area (Å²) in [6.45, 7) is 21.7. The summed E-state index contributed by atoms with van der Waals surface area (Å²) < 4.78 is 0. The molecule has 3 aliphatic rings. The Morgan fingerprint density at radius 2 is 1.58 bits per heavy atom. The van der Waals surface area contributed by atoms with Crippen molar-refractivity contribution in [3.8, 4) is 0 Å². The van der Waals surface area contributed by atoms with Crippen LogP contribution < -0.4 is 0 Å². The van der Waals surface area contributed by atoms with Gasteiger partial charge < -0.3 is 0 Å². The van der Waals surface area contributed by atoms with Crippen LogP contribution in [0.2, 0.25) is 0 Å². The van der Waals surface area contributed by atoms with E-state index < -0.39 is 0 Å². The topological polar surface area (TPSA) is 0 Å². The van der Waals surface area contributed by atoms with E-state index in [1.54, 1.807) is 11.1 Å². The van der Waals surface area contributed by atoms with Crippen molar-refractivity contribution < 1.29 is 0 Å². The largest absolute Gasteiger partial charge is 0.0671 e. The predicted molar refractivity (Wildman–Crippen MR) is 150 cm³/mol. The first kappa shape index (κ1) is 28.7. The Balaban J connectivity index is 0.000000890. The van der Waals surface area contributed by atoms with Gasteiger partial charge in [0.2, 0.25) is 0 Å². The van der Waals surface area contributed by atoms with E-state index in [0.717, 1.165) is 29.6 Å². The van der Waals surface area contributed by atoms with E-state index in [9.17, 15) is 0 Å². The van der Waals surface area contributed by atoms with Crippen molar-refractivity contribution in [1.29, 1.82) is 0 Å². The third-order valence-corrected chi connectivity index (χ3v) is 9.89. The minimum Gasteiger partial charge on any atom is -0.0671 e. The van der Waals surface area contributed by atoms with Crippen LogP contribution >= 0.6 is 0 Å². The number of unbranched alkanes of at least 4 members (excludes halogenated alkanes) is 1. The van der Waals surface area contributed by atoms with Crippen LogP contribution in [0.15, 0.2) is 23.3 Å². The molecule has 0 radical (unpaired) electrons. The van der Waals surface area contributed by atoms with E-state index in [2.05, 4.69) is 74.5 Å². The first-order chi connectivity index (χ1) is 15.5. The predicted octanol–water partition coefficient (Wildman–Crippen LogP) is 11.2. The van der Waals surface area contributed by atoms with Crippen molar-refractivity contribution in [2.75, 3.05) is 0 Å². The number of fused-ring (bicyclic) bond motifs is 1. The molecule has 3 rings (SSSR count). The van der Waals surface area contributed by atoms with Crippen LogP contribution in [-0.4, -0.2) is 0 Å². The maximum atomic E-state index is 2.67. The van der Waals surface area contributed by atoms with Gasteiger partial charge in [-0.05, 0) is 98.2 Å². The van der Waals surface area contributed by atoms with Crippen molar-refractivity contribution in [2.45, 2.75) is 146 Å². The van der Waals surface area contributed by atoms with Crippen LogP contribution in [0.3, 0.4) is 0 Å². The second-order valence-electron chi connectivity index (χ2n) is 13.7. The molecule has 0 heterocycles. The van der Waals surface area contributed by atoms with Crippen molar-refractivity contribution >= 4 is 0 Å². The van der Waals surface area contributed by atoms with Crippen LogP contribution in [0, 0.1) is 40.4 Å². The van der Waals surface area contributed by atoms with Crippen LogP contribution in [0.4, 0.5) is 0 Å². The lowest BCUT2D eigenvalue weighted by atomic mass is 9.60. The van der Waals surface area contributed by atoms with Gasteiger partial charge in [0.1, 0.15) is 0 Å². The minimum absolute atomic E-state index is 0.490. The van der Waals surface area contributed by atoms with E-state index >= 15 is 0 Å². The van der Waals surface area contributed by atoms with Gasteiger partial charge in [-0.15, -0.1) is 0 Å². The molecule has 3 aliphatic carbocycles. The molecular weight excluding hydrogens is 396 g/mol. The average Bonchev–Trinajstić information content (AvgIpc) is 3.11. The third kappa shape index (κ3) is 8.00. The molecule has 0 aromatic rings. The summed E-state index contributed by atoms with van der Waals surface area (Å²) in [5, 5.41) is 0. The normalized spacial score (nSPS) is 35.8. The molecule has 6 atom stereocenters. The maximum absolute atomic E-state index is 2.67. The Bertz CT molecular complexity index is 627. The van der Waals surface area contributed by atoms with E-state index in [-0.39, 0.29) is 0 Å². The van der Waals surface area contributed by atoms with Gasteiger partial charge in [-0.25, -0.2) is 0 Å². The quantitative estimate of drug-likeness (QED) is 0.372. The fourth-order valence-electron chi connectivity index (χ4n) is 7.29. The smallest absolute Gasteiger partial charge is 0.0143 e. The van der Waals surface area contributed by atoms with Crippen LogP contribution in [0.5, 0.6) is 0 Å². The van der Waals surface area contributed by atoms with Gasteiger partial charge in [-0.2, -0.15) is 0 Å². The molecule has 0 saturated heterocycles. The first-order valence-corrected chi connectivity index (χ1v) is 14.9. The summed E-state index contributed by atoms with van der Waals surface area (Å²) in [5.41, 5.74) is 4.59. The molecular formula is C33H60. The fourth-order valence-corrected chi connectivity index (χ4v) is 7.29. The summed E-state index contributed by atoms with van der Waals surface area (Å²) >= 11 is 0. The second kappa shape index (κ2) is 13.0. The van der Waals surface area contributed by atoms with Crippen molar-refractivity contribution in [1.82, 2.24) is 0 Å². The lowest BCUT2D eigenvalue weighted by Crippen LogP contribution is -2.36. The highest BCUT2D eigenvalue weighted by molar-refractivity contribution is 5.26. The van der Waals surface area contributed by atoms with Gasteiger partial charge >= 0.3 is 0 Å². The molecule has 0 heteroatoms. The maximum Gasteiger partial charge on any atom is -0.0143 e. The number of allylic oxidation sites excluding steroid dienone is 4. The van der Waals surface area contributed by atoms with Gasteiger partial charge in [-0.1, -0.05) is 111 Å². The summed E-state index contributed by atoms with van der Waals surface area (Å²) in [7, 11) is 0.